The Bertz CT molecular complexity index is 487. The fraction of sp³-hybridized carbons (Fsp3) is 0.600. The molecule has 1 amide bonds. The number of aliphatic hydroxyl groups is 1. The quantitative estimate of drug-likeness (QED) is 0.910. The van der Waals surface area contributed by atoms with E-state index in [4.69, 9.17) is 5.11 Å². The number of aromatic nitrogens is 1. The molecule has 2 rings (SSSR count). The van der Waals surface area contributed by atoms with Crippen LogP contribution < -0.4 is 4.90 Å². The average molecular weight is 262 g/mol. The van der Waals surface area contributed by atoms with Gasteiger partial charge in [0.05, 0.1) is 6.61 Å². The molecule has 0 bridgehead atoms. The van der Waals surface area contributed by atoms with E-state index in [1.165, 1.54) is 0 Å². The molecule has 1 aromatic heterocycles. The van der Waals surface area contributed by atoms with Gasteiger partial charge in [0.1, 0.15) is 5.82 Å². The van der Waals surface area contributed by atoms with Crippen LogP contribution in [-0.2, 0) is 11.4 Å². The van der Waals surface area contributed by atoms with Crippen LogP contribution in [0, 0.1) is 12.3 Å². The molecule has 0 radical (unpaired) electrons. The van der Waals surface area contributed by atoms with Gasteiger partial charge in [0.25, 0.3) is 0 Å². The third-order valence-corrected chi connectivity index (χ3v) is 3.29. The highest BCUT2D eigenvalue weighted by Gasteiger charge is 2.39. The van der Waals surface area contributed by atoms with Crippen molar-refractivity contribution in [1.29, 1.82) is 0 Å². The summed E-state index contributed by atoms with van der Waals surface area (Å²) in [5.74, 6) is 0.849. The molecule has 1 aliphatic rings. The molecule has 1 fully saturated rings. The first-order valence-electron chi connectivity index (χ1n) is 6.74. The Morgan fingerprint density at radius 2 is 2.11 bits per heavy atom. The van der Waals surface area contributed by atoms with Gasteiger partial charge in [-0.2, -0.15) is 0 Å². The predicted molar refractivity (Wildman–Crippen MR) is 74.9 cm³/mol. The monoisotopic (exact) mass is 262 g/mol. The summed E-state index contributed by atoms with van der Waals surface area (Å²) in [4.78, 5) is 18.8. The van der Waals surface area contributed by atoms with Gasteiger partial charge in [-0.25, -0.2) is 4.98 Å². The van der Waals surface area contributed by atoms with Gasteiger partial charge in [-0.1, -0.05) is 20.8 Å². The Kier molecular flexibility index (Phi) is 3.63. The van der Waals surface area contributed by atoms with E-state index in [1.54, 1.807) is 6.20 Å². The molecule has 4 nitrogen and oxygen atoms in total. The third-order valence-electron chi connectivity index (χ3n) is 3.29. The zero-order valence-corrected chi connectivity index (χ0v) is 12.1. The maximum Gasteiger partial charge on any atom is 0.233 e. The summed E-state index contributed by atoms with van der Waals surface area (Å²) in [6.07, 6.45) is 3.74. The fourth-order valence-electron chi connectivity index (χ4n) is 2.09. The first kappa shape index (κ1) is 14.0. The summed E-state index contributed by atoms with van der Waals surface area (Å²) in [6.45, 7) is 7.71. The topological polar surface area (TPSA) is 53.4 Å². The molecule has 104 valence electrons. The van der Waals surface area contributed by atoms with Crippen molar-refractivity contribution in [2.75, 3.05) is 4.90 Å². The molecular weight excluding hydrogens is 240 g/mol. The molecular formula is C15H22N2O2. The summed E-state index contributed by atoms with van der Waals surface area (Å²) < 4.78 is 0. The van der Waals surface area contributed by atoms with Crippen molar-refractivity contribution in [2.45, 2.75) is 53.2 Å². The van der Waals surface area contributed by atoms with E-state index < -0.39 is 5.41 Å². The molecule has 0 spiro atoms. The van der Waals surface area contributed by atoms with Gasteiger partial charge >= 0.3 is 0 Å². The van der Waals surface area contributed by atoms with Crippen LogP contribution in [0.15, 0.2) is 12.3 Å². The summed E-state index contributed by atoms with van der Waals surface area (Å²) in [5, 5.41) is 9.13. The lowest BCUT2D eigenvalue weighted by Gasteiger charge is -2.30. The minimum Gasteiger partial charge on any atom is -0.392 e. The number of anilines is 1. The smallest absolute Gasteiger partial charge is 0.233 e. The number of carbonyl (C=O) groups excluding carboxylic acids is 1. The lowest BCUT2D eigenvalue weighted by molar-refractivity contribution is -0.125. The Labute approximate surface area is 114 Å². The number of pyridine rings is 1. The molecule has 4 heteroatoms. The molecule has 19 heavy (non-hydrogen) atoms. The predicted octanol–water partition coefficient (Wildman–Crippen LogP) is 2.42. The van der Waals surface area contributed by atoms with Crippen molar-refractivity contribution in [1.82, 2.24) is 4.98 Å². The van der Waals surface area contributed by atoms with Gasteiger partial charge in [-0.15, -0.1) is 0 Å². The normalized spacial score (nSPS) is 15.4. The minimum atomic E-state index is -0.410. The van der Waals surface area contributed by atoms with Gasteiger partial charge in [0, 0.05) is 17.7 Å². The van der Waals surface area contributed by atoms with Gasteiger partial charge in [-0.3, -0.25) is 9.69 Å². The second-order valence-corrected chi connectivity index (χ2v) is 6.30. The summed E-state index contributed by atoms with van der Waals surface area (Å²) in [5.41, 5.74) is 1.31. The molecule has 0 unspecified atom stereocenters. The molecule has 0 aromatic carbocycles. The number of hydrogen-bond donors (Lipinski definition) is 1. The van der Waals surface area contributed by atoms with Crippen LogP contribution in [0.25, 0.3) is 0 Å². The zero-order valence-electron chi connectivity index (χ0n) is 12.1. The van der Waals surface area contributed by atoms with Crippen LogP contribution >= 0.6 is 0 Å². The number of aryl methyl sites for hydroxylation is 1. The fourth-order valence-corrected chi connectivity index (χ4v) is 2.09. The van der Waals surface area contributed by atoms with Gasteiger partial charge in [-0.05, 0) is 37.0 Å². The summed E-state index contributed by atoms with van der Waals surface area (Å²) in [7, 11) is 0. The summed E-state index contributed by atoms with van der Waals surface area (Å²) >= 11 is 0. The lowest BCUT2D eigenvalue weighted by atomic mass is 9.94. The maximum absolute atomic E-state index is 12.6. The van der Waals surface area contributed by atoms with E-state index in [0.29, 0.717) is 0 Å². The van der Waals surface area contributed by atoms with E-state index >= 15 is 0 Å². The number of nitrogens with zero attached hydrogens (tertiary/aromatic N) is 2. The number of amides is 1. The number of rotatable bonds is 3. The Hall–Kier alpha value is -1.42. The maximum atomic E-state index is 12.6. The first-order valence-corrected chi connectivity index (χ1v) is 6.74. The van der Waals surface area contributed by atoms with Crippen molar-refractivity contribution in [3.8, 4) is 0 Å². The van der Waals surface area contributed by atoms with Crippen molar-refractivity contribution in [3.05, 3.63) is 23.4 Å². The second kappa shape index (κ2) is 4.93. The van der Waals surface area contributed by atoms with Crippen molar-refractivity contribution in [2.24, 2.45) is 5.41 Å². The van der Waals surface area contributed by atoms with E-state index in [9.17, 15) is 4.79 Å². The van der Waals surface area contributed by atoms with E-state index in [2.05, 4.69) is 4.98 Å². The minimum absolute atomic E-state index is 0.0230. The van der Waals surface area contributed by atoms with Gasteiger partial charge in [0.2, 0.25) is 5.91 Å². The average Bonchev–Trinajstić information content (AvgIpc) is 3.14. The highest BCUT2D eigenvalue weighted by Crippen LogP contribution is 2.35. The Balaban J connectivity index is 2.37. The first-order chi connectivity index (χ1) is 8.84. The van der Waals surface area contributed by atoms with Crippen LogP contribution in [0.1, 0.15) is 44.7 Å². The molecule has 1 saturated carbocycles. The van der Waals surface area contributed by atoms with Crippen LogP contribution in [0.4, 0.5) is 5.82 Å². The van der Waals surface area contributed by atoms with Crippen LogP contribution in [0.5, 0.6) is 0 Å². The van der Waals surface area contributed by atoms with E-state index in [-0.39, 0.29) is 18.6 Å². The lowest BCUT2D eigenvalue weighted by Crippen LogP contribution is -2.42. The van der Waals surface area contributed by atoms with Gasteiger partial charge in [0.15, 0.2) is 0 Å². The van der Waals surface area contributed by atoms with Crippen LogP contribution in [-0.4, -0.2) is 22.0 Å². The van der Waals surface area contributed by atoms with E-state index in [1.807, 2.05) is 38.7 Å². The standard InChI is InChI=1S/C15H22N2O2/c1-10-7-11(9-18)8-16-13(10)17(12-5-6-12)14(19)15(2,3)4/h7-8,12,18H,5-6,9H2,1-4H3. The largest absolute Gasteiger partial charge is 0.392 e. The molecule has 0 atom stereocenters. The Morgan fingerprint density at radius 1 is 1.47 bits per heavy atom. The molecule has 0 aliphatic heterocycles. The molecule has 1 heterocycles. The van der Waals surface area contributed by atoms with Crippen molar-refractivity contribution >= 4 is 11.7 Å². The van der Waals surface area contributed by atoms with Crippen LogP contribution in [0.2, 0.25) is 0 Å². The number of hydrogen-bond acceptors (Lipinski definition) is 3. The zero-order chi connectivity index (χ0) is 14.2. The van der Waals surface area contributed by atoms with Crippen molar-refractivity contribution < 1.29 is 9.90 Å². The van der Waals surface area contributed by atoms with Gasteiger partial charge < -0.3 is 5.11 Å². The number of aliphatic hydroxyl groups excluding tert-OH is 1. The molecule has 1 aliphatic carbocycles. The Morgan fingerprint density at radius 3 is 2.53 bits per heavy atom. The molecule has 1 aromatic rings. The van der Waals surface area contributed by atoms with Crippen LogP contribution in [0.3, 0.4) is 0 Å². The molecule has 1 N–H and O–H groups in total. The third kappa shape index (κ3) is 2.95. The van der Waals surface area contributed by atoms with Crippen molar-refractivity contribution in [3.63, 3.8) is 0 Å². The highest BCUT2D eigenvalue weighted by atomic mass is 16.3. The highest BCUT2D eigenvalue weighted by molar-refractivity contribution is 5.97. The summed E-state index contributed by atoms with van der Waals surface area (Å²) in [6, 6.07) is 2.19. The number of carbonyl (C=O) groups is 1. The second-order valence-electron chi connectivity index (χ2n) is 6.30. The molecule has 0 saturated heterocycles. The SMILES string of the molecule is Cc1cc(CO)cnc1N(C(=O)C(C)(C)C)C1CC1. The van der Waals surface area contributed by atoms with E-state index in [0.717, 1.165) is 29.8 Å².